The molecule has 1 aromatic rings. The molecule has 8 heteroatoms. The van der Waals surface area contributed by atoms with Gasteiger partial charge in [-0.25, -0.2) is 9.78 Å². The maximum absolute atomic E-state index is 12.2. The number of nitrogens with two attached hydrogens (primary N) is 2. The zero-order valence-corrected chi connectivity index (χ0v) is 14.2. The molecule has 3 aliphatic heterocycles. The average Bonchev–Trinajstić information content (AvgIpc) is 2.47. The summed E-state index contributed by atoms with van der Waals surface area (Å²) in [5.74, 6) is 0.0264. The minimum atomic E-state index is -0.643. The molecule has 24 heavy (non-hydrogen) atoms. The molecular weight excluding hydrogens is 310 g/mol. The van der Waals surface area contributed by atoms with Crippen LogP contribution in [0.1, 0.15) is 37.7 Å². The monoisotopic (exact) mass is 333 g/mol. The van der Waals surface area contributed by atoms with Gasteiger partial charge in [-0.3, -0.25) is 4.79 Å². The van der Waals surface area contributed by atoms with E-state index in [2.05, 4.69) is 9.88 Å². The number of pyridine rings is 1. The lowest BCUT2D eigenvalue weighted by atomic mass is 9.87. The number of hydrogen-bond acceptors (Lipinski definition) is 6. The van der Waals surface area contributed by atoms with E-state index >= 15 is 0 Å². The van der Waals surface area contributed by atoms with Gasteiger partial charge in [-0.1, -0.05) is 0 Å². The smallest absolute Gasteiger partial charge is 0.410 e. The Bertz CT molecular complexity index is 673. The van der Waals surface area contributed by atoms with Crippen molar-refractivity contribution in [2.24, 2.45) is 5.73 Å². The number of piperazine rings is 1. The molecule has 3 aliphatic rings. The molecule has 0 spiro atoms. The van der Waals surface area contributed by atoms with E-state index in [-0.39, 0.29) is 29.6 Å². The van der Waals surface area contributed by atoms with E-state index in [1.807, 2.05) is 20.8 Å². The molecule has 130 valence electrons. The predicted molar refractivity (Wildman–Crippen MR) is 89.6 cm³/mol. The fraction of sp³-hybridized carbons (Fsp3) is 0.562. The van der Waals surface area contributed by atoms with Crippen LogP contribution in [0.4, 0.5) is 16.3 Å². The van der Waals surface area contributed by atoms with Gasteiger partial charge in [-0.05, 0) is 39.3 Å². The quantitative estimate of drug-likeness (QED) is 0.833. The molecule has 0 saturated carbocycles. The van der Waals surface area contributed by atoms with Crippen molar-refractivity contribution in [1.29, 1.82) is 0 Å². The van der Waals surface area contributed by atoms with Crippen LogP contribution in [0.15, 0.2) is 12.1 Å². The number of piperidine rings is 1. The van der Waals surface area contributed by atoms with Gasteiger partial charge in [0.15, 0.2) is 5.69 Å². The Balaban J connectivity index is 1.72. The van der Waals surface area contributed by atoms with Gasteiger partial charge in [0.1, 0.15) is 11.4 Å². The zero-order valence-electron chi connectivity index (χ0n) is 14.2. The Kier molecular flexibility index (Phi) is 3.77. The van der Waals surface area contributed by atoms with E-state index in [4.69, 9.17) is 16.2 Å². The van der Waals surface area contributed by atoms with Crippen molar-refractivity contribution in [2.75, 3.05) is 23.7 Å². The largest absolute Gasteiger partial charge is 0.444 e. The third kappa shape index (κ3) is 2.95. The maximum atomic E-state index is 12.2. The highest BCUT2D eigenvalue weighted by molar-refractivity contribution is 5.96. The second-order valence-electron chi connectivity index (χ2n) is 7.31. The van der Waals surface area contributed by atoms with Crippen molar-refractivity contribution >= 4 is 23.5 Å². The minimum Gasteiger partial charge on any atom is -0.444 e. The van der Waals surface area contributed by atoms with Crippen LogP contribution < -0.4 is 16.4 Å². The Labute approximate surface area is 140 Å². The molecule has 3 saturated heterocycles. The third-order valence-corrected chi connectivity index (χ3v) is 4.25. The summed E-state index contributed by atoms with van der Waals surface area (Å²) in [6.45, 7) is 6.70. The number of amides is 2. The highest BCUT2D eigenvalue weighted by Gasteiger charge is 2.47. The second-order valence-corrected chi connectivity index (χ2v) is 7.31. The number of aromatic nitrogens is 1. The summed E-state index contributed by atoms with van der Waals surface area (Å²) < 4.78 is 5.43. The zero-order chi connectivity index (χ0) is 17.6. The standard InChI is InChI=1S/C16H23N5O3/c1-16(2,3)24-15(23)20-7-9-6-10(8-20)21(9)12-5-4-11(17)13(19-12)14(18)22/h4-5,9-10H,6-8,17H2,1-3H3,(H2,18,22). The molecule has 2 amide bonds. The van der Waals surface area contributed by atoms with Crippen LogP contribution in [0, 0.1) is 0 Å². The molecule has 2 unspecified atom stereocenters. The van der Waals surface area contributed by atoms with Crippen LogP contribution in [0.2, 0.25) is 0 Å². The number of carbonyl (C=O) groups excluding carboxylic acids is 2. The molecule has 0 aromatic carbocycles. The van der Waals surface area contributed by atoms with E-state index in [1.165, 1.54) is 0 Å². The number of carbonyl (C=O) groups is 2. The Morgan fingerprint density at radius 1 is 1.25 bits per heavy atom. The van der Waals surface area contributed by atoms with Crippen LogP contribution in [0.3, 0.4) is 0 Å². The number of anilines is 2. The fourth-order valence-corrected chi connectivity index (χ4v) is 3.26. The first-order valence-corrected chi connectivity index (χ1v) is 7.98. The molecule has 0 aliphatic carbocycles. The first-order chi connectivity index (χ1) is 11.2. The van der Waals surface area contributed by atoms with Crippen molar-refractivity contribution in [2.45, 2.75) is 44.9 Å². The van der Waals surface area contributed by atoms with Gasteiger partial charge in [0.25, 0.3) is 5.91 Å². The van der Waals surface area contributed by atoms with Crippen LogP contribution in [-0.2, 0) is 4.74 Å². The van der Waals surface area contributed by atoms with Gasteiger partial charge < -0.3 is 26.0 Å². The number of nitrogens with zero attached hydrogens (tertiary/aromatic N) is 3. The van der Waals surface area contributed by atoms with Crippen molar-refractivity contribution < 1.29 is 14.3 Å². The van der Waals surface area contributed by atoms with E-state index in [0.29, 0.717) is 18.9 Å². The summed E-state index contributed by atoms with van der Waals surface area (Å²) in [4.78, 5) is 31.8. The lowest BCUT2D eigenvalue weighted by Gasteiger charge is -2.56. The van der Waals surface area contributed by atoms with E-state index < -0.39 is 11.5 Å². The number of fused-ring (bicyclic) bond motifs is 2. The molecule has 8 nitrogen and oxygen atoms in total. The number of nitrogen functional groups attached to an aromatic ring is 1. The van der Waals surface area contributed by atoms with Gasteiger partial charge in [-0.15, -0.1) is 0 Å². The lowest BCUT2D eigenvalue weighted by molar-refractivity contribution is 0.00843. The molecule has 4 N–H and O–H groups in total. The topological polar surface area (TPSA) is 115 Å². The number of hydrogen-bond donors (Lipinski definition) is 2. The summed E-state index contributed by atoms with van der Waals surface area (Å²) in [6, 6.07) is 3.74. The molecule has 2 bridgehead atoms. The molecule has 0 radical (unpaired) electrons. The maximum Gasteiger partial charge on any atom is 0.410 e. The summed E-state index contributed by atoms with van der Waals surface area (Å²) in [6.07, 6.45) is 0.692. The van der Waals surface area contributed by atoms with Crippen molar-refractivity contribution in [1.82, 2.24) is 9.88 Å². The van der Waals surface area contributed by atoms with Crippen molar-refractivity contribution in [3.05, 3.63) is 17.8 Å². The lowest BCUT2D eigenvalue weighted by Crippen LogP contribution is -2.70. The molecule has 1 aromatic heterocycles. The molecule has 4 rings (SSSR count). The summed E-state index contributed by atoms with van der Waals surface area (Å²) in [5, 5.41) is 0. The highest BCUT2D eigenvalue weighted by atomic mass is 16.6. The van der Waals surface area contributed by atoms with E-state index in [1.54, 1.807) is 17.0 Å². The number of rotatable bonds is 2. The van der Waals surface area contributed by atoms with Crippen molar-refractivity contribution in [3.63, 3.8) is 0 Å². The normalized spacial score (nSPS) is 22.8. The SMILES string of the molecule is CC(C)(C)OC(=O)N1CC2CC(C1)N2c1ccc(N)c(C(N)=O)n1. The summed E-state index contributed by atoms with van der Waals surface area (Å²) >= 11 is 0. The van der Waals surface area contributed by atoms with Gasteiger partial charge in [0.05, 0.1) is 17.8 Å². The Hall–Kier alpha value is -2.51. The molecule has 2 atom stereocenters. The Morgan fingerprint density at radius 2 is 1.88 bits per heavy atom. The molecule has 3 fully saturated rings. The first kappa shape index (κ1) is 16.4. The minimum absolute atomic E-state index is 0.0847. The van der Waals surface area contributed by atoms with Crippen LogP contribution in [0.25, 0.3) is 0 Å². The van der Waals surface area contributed by atoms with Crippen LogP contribution >= 0.6 is 0 Å². The predicted octanol–water partition coefficient (Wildman–Crippen LogP) is 0.961. The first-order valence-electron chi connectivity index (χ1n) is 7.98. The molecular formula is C16H23N5O3. The van der Waals surface area contributed by atoms with Gasteiger partial charge >= 0.3 is 6.09 Å². The van der Waals surface area contributed by atoms with Gasteiger partial charge in [-0.2, -0.15) is 0 Å². The van der Waals surface area contributed by atoms with Crippen LogP contribution in [-0.4, -0.2) is 52.7 Å². The van der Waals surface area contributed by atoms with Crippen molar-refractivity contribution in [3.8, 4) is 0 Å². The Morgan fingerprint density at radius 3 is 2.42 bits per heavy atom. The van der Waals surface area contributed by atoms with E-state index in [9.17, 15) is 9.59 Å². The van der Waals surface area contributed by atoms with Crippen LogP contribution in [0.5, 0.6) is 0 Å². The molecule has 4 heterocycles. The van der Waals surface area contributed by atoms with E-state index in [0.717, 1.165) is 6.42 Å². The average molecular weight is 333 g/mol. The number of primary amides is 1. The highest BCUT2D eigenvalue weighted by Crippen LogP contribution is 2.37. The summed E-state index contributed by atoms with van der Waals surface area (Å²) in [5.41, 5.74) is 10.9. The second kappa shape index (κ2) is 5.54. The summed E-state index contributed by atoms with van der Waals surface area (Å²) in [7, 11) is 0. The number of ether oxygens (including phenoxy) is 1. The fourth-order valence-electron chi connectivity index (χ4n) is 3.26. The van der Waals surface area contributed by atoms with Gasteiger partial charge in [0, 0.05) is 13.1 Å². The third-order valence-electron chi connectivity index (χ3n) is 4.25. The van der Waals surface area contributed by atoms with Gasteiger partial charge in [0.2, 0.25) is 0 Å².